The summed E-state index contributed by atoms with van der Waals surface area (Å²) in [6, 6.07) is 11.7. The number of esters is 2. The second-order valence-corrected chi connectivity index (χ2v) is 6.75. The molecule has 2 aromatic rings. The lowest BCUT2D eigenvalue weighted by Gasteiger charge is -2.17. The molecule has 2 rings (SSSR count). The Morgan fingerprint density at radius 1 is 1.00 bits per heavy atom. The number of carbonyl (C=O) groups excluding carboxylic acids is 2. The molecule has 0 aromatic heterocycles. The minimum absolute atomic E-state index is 0.0454. The lowest BCUT2D eigenvalue weighted by molar-refractivity contribution is -0.138. The summed E-state index contributed by atoms with van der Waals surface area (Å²) >= 11 is 0. The Bertz CT molecular complexity index is 1020. The standard InChI is InChI=1S/C25H28N2O7/c1-4-23(29)32-13-14-33-25(30)21-15-19(9-12-22(21)28)17-27-26-16-18-7-10-20(11-8-18)34-24(5-2)31-6-3/h4,7-12,15-17,24,28H,1,5-6,13-14H2,2-3H3/b26-16+,27-17+. The van der Waals surface area contributed by atoms with E-state index in [9.17, 15) is 14.7 Å². The number of phenols is 1. The van der Waals surface area contributed by atoms with E-state index in [1.54, 1.807) is 12.3 Å². The topological polar surface area (TPSA) is 116 Å². The van der Waals surface area contributed by atoms with Gasteiger partial charge in [0.05, 0.1) is 12.4 Å². The van der Waals surface area contributed by atoms with Crippen LogP contribution in [0.3, 0.4) is 0 Å². The minimum atomic E-state index is -0.761. The average molecular weight is 469 g/mol. The predicted molar refractivity (Wildman–Crippen MR) is 128 cm³/mol. The SMILES string of the molecule is C=CC(=O)OCCOC(=O)c1cc(/C=N/N=C/c2ccc(OC(CC)OCC)cc2)ccc1O. The fourth-order valence-corrected chi connectivity index (χ4v) is 2.62. The van der Waals surface area contributed by atoms with E-state index < -0.39 is 11.9 Å². The van der Waals surface area contributed by atoms with Crippen molar-refractivity contribution in [3.63, 3.8) is 0 Å². The van der Waals surface area contributed by atoms with Crippen molar-refractivity contribution < 1.29 is 33.6 Å². The first-order valence-corrected chi connectivity index (χ1v) is 10.7. The second kappa shape index (κ2) is 14.2. The fraction of sp³-hybridized carbons (Fsp3) is 0.280. The Morgan fingerprint density at radius 3 is 2.29 bits per heavy atom. The smallest absolute Gasteiger partial charge is 0.342 e. The van der Waals surface area contributed by atoms with Crippen molar-refractivity contribution >= 4 is 24.4 Å². The molecule has 180 valence electrons. The van der Waals surface area contributed by atoms with Gasteiger partial charge in [0.2, 0.25) is 0 Å². The molecule has 0 aliphatic heterocycles. The van der Waals surface area contributed by atoms with Gasteiger partial charge in [-0.25, -0.2) is 9.59 Å². The van der Waals surface area contributed by atoms with Crippen LogP contribution < -0.4 is 4.74 Å². The first-order valence-electron chi connectivity index (χ1n) is 10.7. The van der Waals surface area contributed by atoms with E-state index in [0.717, 1.165) is 18.1 Å². The van der Waals surface area contributed by atoms with Crippen molar-refractivity contribution in [1.29, 1.82) is 0 Å². The lowest BCUT2D eigenvalue weighted by Crippen LogP contribution is -2.19. The molecule has 9 heteroatoms. The molecule has 0 saturated heterocycles. The minimum Gasteiger partial charge on any atom is -0.507 e. The van der Waals surface area contributed by atoms with E-state index >= 15 is 0 Å². The summed E-state index contributed by atoms with van der Waals surface area (Å²) in [5, 5.41) is 17.9. The second-order valence-electron chi connectivity index (χ2n) is 6.75. The van der Waals surface area contributed by atoms with E-state index in [1.807, 2.05) is 38.1 Å². The summed E-state index contributed by atoms with van der Waals surface area (Å²) in [6.07, 6.45) is 4.47. The van der Waals surface area contributed by atoms with Gasteiger partial charge in [-0.2, -0.15) is 10.2 Å². The molecule has 0 radical (unpaired) electrons. The van der Waals surface area contributed by atoms with Crippen LogP contribution in [0.4, 0.5) is 0 Å². The Kier molecular flexibility index (Phi) is 11.0. The van der Waals surface area contributed by atoms with Crippen LogP contribution in [0.1, 0.15) is 41.8 Å². The van der Waals surface area contributed by atoms with Crippen molar-refractivity contribution in [1.82, 2.24) is 0 Å². The molecule has 0 bridgehead atoms. The third kappa shape index (κ3) is 8.87. The molecular weight excluding hydrogens is 440 g/mol. The highest BCUT2D eigenvalue weighted by Gasteiger charge is 2.13. The van der Waals surface area contributed by atoms with Crippen LogP contribution in [0.2, 0.25) is 0 Å². The molecular formula is C25H28N2O7. The molecule has 2 aromatic carbocycles. The van der Waals surface area contributed by atoms with Crippen molar-refractivity contribution in [2.24, 2.45) is 10.2 Å². The van der Waals surface area contributed by atoms with Gasteiger partial charge in [-0.1, -0.05) is 13.5 Å². The normalized spacial score (nSPS) is 11.9. The first kappa shape index (κ1) is 26.3. The molecule has 0 heterocycles. The Morgan fingerprint density at radius 2 is 1.65 bits per heavy atom. The van der Waals surface area contributed by atoms with E-state index in [4.69, 9.17) is 18.9 Å². The van der Waals surface area contributed by atoms with Crippen LogP contribution in [0.5, 0.6) is 11.5 Å². The van der Waals surface area contributed by atoms with Crippen molar-refractivity contribution in [2.45, 2.75) is 26.6 Å². The molecule has 9 nitrogen and oxygen atoms in total. The van der Waals surface area contributed by atoms with E-state index in [0.29, 0.717) is 17.9 Å². The maximum atomic E-state index is 12.2. The van der Waals surface area contributed by atoms with Gasteiger partial charge in [0, 0.05) is 19.1 Å². The molecule has 0 amide bonds. The van der Waals surface area contributed by atoms with Crippen LogP contribution in [-0.4, -0.2) is 55.6 Å². The number of phenolic OH excluding ortho intramolecular Hbond substituents is 1. The zero-order valence-electron chi connectivity index (χ0n) is 19.2. The summed E-state index contributed by atoms with van der Waals surface area (Å²) in [6.45, 7) is 7.48. The Balaban J connectivity index is 1.92. The van der Waals surface area contributed by atoms with Gasteiger partial charge in [-0.15, -0.1) is 0 Å². The monoisotopic (exact) mass is 468 g/mol. The molecule has 0 fully saturated rings. The fourth-order valence-electron chi connectivity index (χ4n) is 2.62. The maximum Gasteiger partial charge on any atom is 0.342 e. The Hall–Kier alpha value is -3.98. The van der Waals surface area contributed by atoms with Gasteiger partial charge >= 0.3 is 11.9 Å². The van der Waals surface area contributed by atoms with Gasteiger partial charge in [-0.3, -0.25) is 0 Å². The van der Waals surface area contributed by atoms with Gasteiger partial charge in [-0.05, 0) is 60.5 Å². The first-order chi connectivity index (χ1) is 16.5. The van der Waals surface area contributed by atoms with Crippen LogP contribution in [0.15, 0.2) is 65.3 Å². The van der Waals surface area contributed by atoms with E-state index in [2.05, 4.69) is 16.8 Å². The number of benzene rings is 2. The summed E-state index contributed by atoms with van der Waals surface area (Å²) in [5.74, 6) is -0.925. The lowest BCUT2D eigenvalue weighted by atomic mass is 10.1. The summed E-state index contributed by atoms with van der Waals surface area (Å²) in [4.78, 5) is 23.1. The highest BCUT2D eigenvalue weighted by Crippen LogP contribution is 2.19. The zero-order valence-corrected chi connectivity index (χ0v) is 19.2. The molecule has 0 aliphatic carbocycles. The number of nitrogens with zero attached hydrogens (tertiary/aromatic N) is 2. The average Bonchev–Trinajstić information content (AvgIpc) is 2.85. The summed E-state index contributed by atoms with van der Waals surface area (Å²) < 4.78 is 20.9. The summed E-state index contributed by atoms with van der Waals surface area (Å²) in [7, 11) is 0. The quantitative estimate of drug-likeness (QED) is 0.118. The number of hydrogen-bond donors (Lipinski definition) is 1. The highest BCUT2D eigenvalue weighted by atomic mass is 16.7. The van der Waals surface area contributed by atoms with Gasteiger partial charge in [0.25, 0.3) is 0 Å². The molecule has 0 aliphatic rings. The molecule has 1 unspecified atom stereocenters. The Labute approximate surface area is 198 Å². The van der Waals surface area contributed by atoms with Crippen molar-refractivity contribution in [2.75, 3.05) is 19.8 Å². The maximum absolute atomic E-state index is 12.2. The van der Waals surface area contributed by atoms with Gasteiger partial charge in [0.15, 0.2) is 6.29 Å². The predicted octanol–water partition coefficient (Wildman–Crippen LogP) is 3.88. The van der Waals surface area contributed by atoms with E-state index in [-0.39, 0.29) is 30.8 Å². The number of carbonyl (C=O) groups is 2. The number of rotatable bonds is 13. The van der Waals surface area contributed by atoms with Crippen LogP contribution >= 0.6 is 0 Å². The molecule has 1 atom stereocenters. The number of ether oxygens (including phenoxy) is 4. The van der Waals surface area contributed by atoms with Crippen LogP contribution in [0.25, 0.3) is 0 Å². The van der Waals surface area contributed by atoms with E-state index in [1.165, 1.54) is 18.3 Å². The molecule has 0 spiro atoms. The third-order valence-corrected chi connectivity index (χ3v) is 4.28. The van der Waals surface area contributed by atoms with Crippen molar-refractivity contribution in [3.8, 4) is 11.5 Å². The van der Waals surface area contributed by atoms with Crippen molar-refractivity contribution in [3.05, 3.63) is 71.8 Å². The molecule has 1 N–H and O–H groups in total. The zero-order chi connectivity index (χ0) is 24.8. The van der Waals surface area contributed by atoms with Crippen LogP contribution in [-0.2, 0) is 19.0 Å². The molecule has 34 heavy (non-hydrogen) atoms. The highest BCUT2D eigenvalue weighted by molar-refractivity contribution is 5.95. The van der Waals surface area contributed by atoms with Crippen LogP contribution in [0, 0.1) is 0 Å². The third-order valence-electron chi connectivity index (χ3n) is 4.28. The molecule has 0 saturated carbocycles. The number of aromatic hydroxyl groups is 1. The number of hydrogen-bond acceptors (Lipinski definition) is 9. The summed E-state index contributed by atoms with van der Waals surface area (Å²) in [5.41, 5.74) is 1.31. The largest absolute Gasteiger partial charge is 0.507 e. The van der Waals surface area contributed by atoms with Gasteiger partial charge in [0.1, 0.15) is 30.3 Å². The van der Waals surface area contributed by atoms with Gasteiger partial charge < -0.3 is 24.1 Å².